The average molecular weight is 333 g/mol. The molecule has 0 aromatic heterocycles. The largest absolute Gasteiger partial charge is 0.427 e. The number of amides is 2. The summed E-state index contributed by atoms with van der Waals surface area (Å²) in [5.74, 6) is 3.09. The third-order valence-electron chi connectivity index (χ3n) is 3.49. The van der Waals surface area contributed by atoms with Crippen LogP contribution in [0.1, 0.15) is 18.4 Å². The number of benzene rings is 1. The number of anilines is 1. The molecule has 1 fully saturated rings. The van der Waals surface area contributed by atoms with Crippen molar-refractivity contribution in [2.75, 3.05) is 5.32 Å². The number of nitrogens with one attached hydrogen (secondary N) is 2. The normalized spacial score (nSPS) is 23.8. The summed E-state index contributed by atoms with van der Waals surface area (Å²) < 4.78 is 55.3. The van der Waals surface area contributed by atoms with Crippen molar-refractivity contribution in [2.24, 2.45) is 5.92 Å². The molecule has 22 heavy (non-hydrogen) atoms. The first-order chi connectivity index (χ1) is 10.2. The molecule has 8 heteroatoms. The van der Waals surface area contributed by atoms with Crippen molar-refractivity contribution >= 4 is 23.3 Å². The zero-order chi connectivity index (χ0) is 16.1. The third kappa shape index (κ3) is 2.28. The summed E-state index contributed by atoms with van der Waals surface area (Å²) in [4.78, 5) is 11.6. The second-order valence-corrected chi connectivity index (χ2v) is 5.56. The van der Waals surface area contributed by atoms with Crippen LogP contribution in [0, 0.1) is 23.6 Å². The van der Waals surface area contributed by atoms with Crippen LogP contribution in [0.5, 0.6) is 0 Å². The standard InChI is InChI=1S/C14H9ClF4N2O/c15-8-3-4-9-10(11(8)16)13(14(17,18)19,21-12(22)20-9)6-5-7-1-2-7/h3-4,7H,1-2H2,(H2,20,21,22). The van der Waals surface area contributed by atoms with Gasteiger partial charge in [0, 0.05) is 5.92 Å². The molecule has 1 aromatic rings. The summed E-state index contributed by atoms with van der Waals surface area (Å²) in [6.45, 7) is 0. The Balaban J connectivity index is 2.29. The van der Waals surface area contributed by atoms with E-state index in [-0.39, 0.29) is 11.6 Å². The number of urea groups is 1. The number of hydrogen-bond acceptors (Lipinski definition) is 1. The maximum absolute atomic E-state index is 14.3. The molecule has 1 aliphatic carbocycles. The Labute approximate surface area is 128 Å². The first kappa shape index (κ1) is 15.0. The maximum Gasteiger partial charge on any atom is 0.427 e. The van der Waals surface area contributed by atoms with Gasteiger partial charge in [0.2, 0.25) is 5.54 Å². The van der Waals surface area contributed by atoms with Crippen molar-refractivity contribution < 1.29 is 22.4 Å². The van der Waals surface area contributed by atoms with Gasteiger partial charge >= 0.3 is 12.2 Å². The molecular formula is C14H9ClF4N2O. The Morgan fingerprint density at radius 2 is 2.00 bits per heavy atom. The average Bonchev–Trinajstić information content (AvgIpc) is 3.23. The van der Waals surface area contributed by atoms with E-state index in [0.29, 0.717) is 12.8 Å². The van der Waals surface area contributed by atoms with E-state index in [0.717, 1.165) is 12.1 Å². The summed E-state index contributed by atoms with van der Waals surface area (Å²) in [6, 6.07) is 1.10. The highest BCUT2D eigenvalue weighted by Gasteiger charge is 2.61. The Kier molecular flexibility index (Phi) is 3.25. The van der Waals surface area contributed by atoms with Crippen LogP contribution in [-0.4, -0.2) is 12.2 Å². The number of halogens is 5. The molecule has 116 valence electrons. The van der Waals surface area contributed by atoms with Crippen LogP contribution in [0.4, 0.5) is 28.0 Å². The Morgan fingerprint density at radius 1 is 1.32 bits per heavy atom. The molecule has 1 heterocycles. The Bertz CT molecular complexity index is 718. The van der Waals surface area contributed by atoms with E-state index in [2.05, 4.69) is 11.2 Å². The summed E-state index contributed by atoms with van der Waals surface area (Å²) >= 11 is 5.60. The van der Waals surface area contributed by atoms with Crippen LogP contribution < -0.4 is 10.6 Å². The highest BCUT2D eigenvalue weighted by atomic mass is 35.5. The molecule has 0 radical (unpaired) electrons. The van der Waals surface area contributed by atoms with Gasteiger partial charge < -0.3 is 10.6 Å². The van der Waals surface area contributed by atoms with E-state index in [9.17, 15) is 22.4 Å². The van der Waals surface area contributed by atoms with Crippen molar-refractivity contribution in [3.8, 4) is 11.8 Å². The number of carbonyl (C=O) groups is 1. The van der Waals surface area contributed by atoms with E-state index in [1.54, 1.807) is 5.32 Å². The van der Waals surface area contributed by atoms with Crippen molar-refractivity contribution in [1.82, 2.24) is 5.32 Å². The topological polar surface area (TPSA) is 41.1 Å². The monoisotopic (exact) mass is 332 g/mol. The Morgan fingerprint density at radius 3 is 2.59 bits per heavy atom. The molecule has 1 atom stereocenters. The third-order valence-corrected chi connectivity index (χ3v) is 3.78. The van der Waals surface area contributed by atoms with E-state index in [4.69, 9.17) is 11.6 Å². The van der Waals surface area contributed by atoms with E-state index in [1.807, 2.05) is 5.92 Å². The van der Waals surface area contributed by atoms with E-state index >= 15 is 0 Å². The quantitative estimate of drug-likeness (QED) is 0.551. The molecule has 2 aliphatic rings. The van der Waals surface area contributed by atoms with Crippen LogP contribution in [0.15, 0.2) is 12.1 Å². The van der Waals surface area contributed by atoms with Crippen LogP contribution in [-0.2, 0) is 5.54 Å². The minimum Gasteiger partial charge on any atom is -0.310 e. The van der Waals surface area contributed by atoms with Crippen LogP contribution >= 0.6 is 11.6 Å². The van der Waals surface area contributed by atoms with Crippen LogP contribution in [0.25, 0.3) is 0 Å². The van der Waals surface area contributed by atoms with Gasteiger partial charge in [0.05, 0.1) is 16.3 Å². The molecule has 3 rings (SSSR count). The smallest absolute Gasteiger partial charge is 0.310 e. The molecule has 1 unspecified atom stereocenters. The second kappa shape index (κ2) is 4.78. The minimum atomic E-state index is -5.01. The van der Waals surface area contributed by atoms with Gasteiger partial charge in [-0.05, 0) is 25.0 Å². The predicted molar refractivity (Wildman–Crippen MR) is 71.8 cm³/mol. The maximum atomic E-state index is 14.3. The fourth-order valence-corrected chi connectivity index (χ4v) is 2.38. The fourth-order valence-electron chi connectivity index (χ4n) is 2.22. The molecule has 3 nitrogen and oxygen atoms in total. The van der Waals surface area contributed by atoms with Crippen LogP contribution in [0.3, 0.4) is 0 Å². The molecule has 1 aliphatic heterocycles. The summed E-state index contributed by atoms with van der Waals surface area (Å²) in [5.41, 5.74) is -4.21. The molecule has 1 aromatic carbocycles. The lowest BCUT2D eigenvalue weighted by Crippen LogP contribution is -2.59. The van der Waals surface area contributed by atoms with E-state index < -0.39 is 34.1 Å². The van der Waals surface area contributed by atoms with Crippen molar-refractivity contribution in [1.29, 1.82) is 0 Å². The Hall–Kier alpha value is -1.94. The number of alkyl halides is 3. The number of carbonyl (C=O) groups excluding carboxylic acids is 1. The van der Waals surface area contributed by atoms with Gasteiger partial charge in [-0.25, -0.2) is 9.18 Å². The second-order valence-electron chi connectivity index (χ2n) is 5.15. The van der Waals surface area contributed by atoms with Crippen molar-refractivity contribution in [3.05, 3.63) is 28.5 Å². The van der Waals surface area contributed by atoms with Gasteiger partial charge in [0.1, 0.15) is 0 Å². The molecule has 2 N–H and O–H groups in total. The fraction of sp³-hybridized carbons (Fsp3) is 0.357. The molecule has 0 bridgehead atoms. The summed E-state index contributed by atoms with van der Waals surface area (Å²) in [6.07, 6.45) is -3.62. The van der Waals surface area contributed by atoms with Gasteiger partial charge in [0.25, 0.3) is 0 Å². The highest BCUT2D eigenvalue weighted by molar-refractivity contribution is 6.31. The van der Waals surface area contributed by atoms with Gasteiger partial charge in [-0.2, -0.15) is 13.2 Å². The molecular weight excluding hydrogens is 324 g/mol. The first-order valence-corrected chi connectivity index (χ1v) is 6.79. The van der Waals surface area contributed by atoms with Crippen LogP contribution in [0.2, 0.25) is 5.02 Å². The molecule has 1 saturated carbocycles. The van der Waals surface area contributed by atoms with E-state index in [1.165, 1.54) is 0 Å². The zero-order valence-corrected chi connectivity index (χ0v) is 11.7. The molecule has 0 spiro atoms. The van der Waals surface area contributed by atoms with Crippen molar-refractivity contribution in [3.63, 3.8) is 0 Å². The summed E-state index contributed by atoms with van der Waals surface area (Å²) in [5, 5.41) is 3.40. The molecule has 2 amide bonds. The lowest BCUT2D eigenvalue weighted by molar-refractivity contribution is -0.179. The van der Waals surface area contributed by atoms with Gasteiger partial charge in [0.15, 0.2) is 5.82 Å². The summed E-state index contributed by atoms with van der Waals surface area (Å²) in [7, 11) is 0. The first-order valence-electron chi connectivity index (χ1n) is 6.41. The van der Waals surface area contributed by atoms with Gasteiger partial charge in [-0.3, -0.25) is 0 Å². The minimum absolute atomic E-state index is 0.156. The number of hydrogen-bond donors (Lipinski definition) is 2. The number of rotatable bonds is 0. The zero-order valence-electron chi connectivity index (χ0n) is 10.9. The van der Waals surface area contributed by atoms with Crippen molar-refractivity contribution in [2.45, 2.75) is 24.6 Å². The number of fused-ring (bicyclic) bond motifs is 1. The van der Waals surface area contributed by atoms with Gasteiger partial charge in [-0.15, -0.1) is 0 Å². The predicted octanol–water partition coefficient (Wildman–Crippen LogP) is 3.79. The molecule has 0 saturated heterocycles. The highest BCUT2D eigenvalue weighted by Crippen LogP contribution is 2.46. The lowest BCUT2D eigenvalue weighted by Gasteiger charge is -2.37. The lowest BCUT2D eigenvalue weighted by atomic mass is 9.86. The van der Waals surface area contributed by atoms with Gasteiger partial charge in [-0.1, -0.05) is 23.4 Å². The SMILES string of the molecule is O=C1Nc2ccc(Cl)c(F)c2C(C#CC2CC2)(C(F)(F)F)N1.